The van der Waals surface area contributed by atoms with Gasteiger partial charge in [0, 0.05) is 5.56 Å². The molecule has 0 radical (unpaired) electrons. The lowest BCUT2D eigenvalue weighted by molar-refractivity contribution is 0.371. The van der Waals surface area contributed by atoms with Crippen molar-refractivity contribution in [2.45, 2.75) is 51.9 Å². The lowest BCUT2D eigenvalue weighted by Crippen LogP contribution is -2.05. The van der Waals surface area contributed by atoms with Crippen LogP contribution in [0.25, 0.3) is 5.57 Å². The van der Waals surface area contributed by atoms with Gasteiger partial charge in [-0.1, -0.05) is 38.0 Å². The molecule has 1 aromatic carbocycles. The number of allylic oxidation sites excluding steroid dienone is 4. The van der Waals surface area contributed by atoms with E-state index in [9.17, 15) is 8.78 Å². The Bertz CT molecular complexity index is 575. The van der Waals surface area contributed by atoms with Crippen molar-refractivity contribution in [2.75, 3.05) is 7.11 Å². The first-order chi connectivity index (χ1) is 11.2. The zero-order chi connectivity index (χ0) is 16.7. The second-order valence-electron chi connectivity index (χ2n) is 6.13. The maximum absolute atomic E-state index is 14.1. The molecule has 1 aromatic rings. The van der Waals surface area contributed by atoms with Gasteiger partial charge >= 0.3 is 0 Å². The third-order valence-electron chi connectivity index (χ3n) is 4.45. The second-order valence-corrected chi connectivity index (χ2v) is 6.13. The van der Waals surface area contributed by atoms with Gasteiger partial charge in [-0.15, -0.1) is 0 Å². The molecule has 0 heterocycles. The Morgan fingerprint density at radius 2 is 2.04 bits per heavy atom. The van der Waals surface area contributed by atoms with Gasteiger partial charge in [0.15, 0.2) is 11.6 Å². The van der Waals surface area contributed by atoms with E-state index in [1.807, 2.05) is 0 Å². The third kappa shape index (κ3) is 4.66. The Hall–Kier alpha value is -1.64. The smallest absolute Gasteiger partial charge is 0.201 e. The first-order valence-corrected chi connectivity index (χ1v) is 8.55. The highest BCUT2D eigenvalue weighted by Gasteiger charge is 2.19. The molecule has 1 nitrogen and oxygen atoms in total. The molecule has 1 atom stereocenters. The van der Waals surface area contributed by atoms with Crippen molar-refractivity contribution >= 4 is 5.57 Å². The largest absolute Gasteiger partial charge is 0.494 e. The van der Waals surface area contributed by atoms with E-state index in [2.05, 4.69) is 25.2 Å². The Kier molecular flexibility index (Phi) is 6.82. The molecule has 1 unspecified atom stereocenters. The molecule has 0 bridgehead atoms. The van der Waals surface area contributed by atoms with Crippen molar-refractivity contribution in [3.8, 4) is 5.75 Å². The van der Waals surface area contributed by atoms with E-state index in [1.165, 1.54) is 32.4 Å². The minimum absolute atomic E-state index is 0.0458. The van der Waals surface area contributed by atoms with Gasteiger partial charge in [0.05, 0.1) is 7.11 Å². The first kappa shape index (κ1) is 17.7. The number of unbranched alkanes of at least 4 members (excludes halogenated alkanes) is 3. The summed E-state index contributed by atoms with van der Waals surface area (Å²) in [5.74, 6) is -1.23. The van der Waals surface area contributed by atoms with E-state index in [1.54, 1.807) is 6.07 Å². The zero-order valence-corrected chi connectivity index (χ0v) is 14.1. The van der Waals surface area contributed by atoms with Crippen LogP contribution in [0, 0.1) is 17.6 Å². The molecular weight excluding hydrogens is 294 g/mol. The van der Waals surface area contributed by atoms with Crippen LogP contribution in [-0.4, -0.2) is 7.11 Å². The molecule has 3 heteroatoms. The number of rotatable bonds is 7. The lowest BCUT2D eigenvalue weighted by Gasteiger charge is -2.20. The summed E-state index contributed by atoms with van der Waals surface area (Å²) in [5.41, 5.74) is 1.27. The highest BCUT2D eigenvalue weighted by atomic mass is 19.2. The molecule has 126 valence electrons. The van der Waals surface area contributed by atoms with E-state index < -0.39 is 11.6 Å². The summed E-state index contributed by atoms with van der Waals surface area (Å²) in [6.07, 6.45) is 14.2. The fraction of sp³-hybridized carbons (Fsp3) is 0.500. The Labute approximate surface area is 138 Å². The van der Waals surface area contributed by atoms with Crippen LogP contribution in [0.15, 0.2) is 30.4 Å². The van der Waals surface area contributed by atoms with Gasteiger partial charge in [-0.25, -0.2) is 4.39 Å². The van der Waals surface area contributed by atoms with Crippen molar-refractivity contribution in [2.24, 2.45) is 5.92 Å². The van der Waals surface area contributed by atoms with Crippen LogP contribution < -0.4 is 4.74 Å². The van der Waals surface area contributed by atoms with Gasteiger partial charge in [-0.3, -0.25) is 0 Å². The number of halogens is 2. The van der Waals surface area contributed by atoms with Crippen molar-refractivity contribution < 1.29 is 13.5 Å². The summed E-state index contributed by atoms with van der Waals surface area (Å²) < 4.78 is 32.8. The van der Waals surface area contributed by atoms with Gasteiger partial charge in [0.1, 0.15) is 0 Å². The number of benzene rings is 1. The van der Waals surface area contributed by atoms with Crippen molar-refractivity contribution in [3.05, 3.63) is 47.6 Å². The number of hydrogen-bond donors (Lipinski definition) is 0. The van der Waals surface area contributed by atoms with Crippen LogP contribution in [0.4, 0.5) is 8.78 Å². The average Bonchev–Trinajstić information content (AvgIpc) is 2.58. The summed E-state index contributed by atoms with van der Waals surface area (Å²) in [5, 5.41) is 0. The van der Waals surface area contributed by atoms with Crippen molar-refractivity contribution in [1.29, 1.82) is 0 Å². The number of hydrogen-bond acceptors (Lipinski definition) is 1. The van der Waals surface area contributed by atoms with Crippen LogP contribution >= 0.6 is 0 Å². The number of ether oxygens (including phenoxy) is 1. The van der Waals surface area contributed by atoms with Gasteiger partial charge in [-0.05, 0) is 55.7 Å². The molecule has 0 amide bonds. The molecule has 0 N–H and O–H groups in total. The Morgan fingerprint density at radius 1 is 1.22 bits per heavy atom. The summed E-state index contributed by atoms with van der Waals surface area (Å²) >= 11 is 0. The summed E-state index contributed by atoms with van der Waals surface area (Å²) in [6.45, 7) is 2.21. The summed E-state index contributed by atoms with van der Waals surface area (Å²) in [7, 11) is 1.34. The SMILES string of the molecule is CCCCC/C=C/C1CC=C(c2ccc(OC)c(F)c2F)CC1. The van der Waals surface area contributed by atoms with E-state index >= 15 is 0 Å². The Balaban J connectivity index is 1.98. The van der Waals surface area contributed by atoms with Crippen molar-refractivity contribution in [3.63, 3.8) is 0 Å². The normalized spacial score (nSPS) is 18.3. The summed E-state index contributed by atoms with van der Waals surface area (Å²) in [4.78, 5) is 0. The maximum Gasteiger partial charge on any atom is 0.201 e. The van der Waals surface area contributed by atoms with Gasteiger partial charge in [0.25, 0.3) is 0 Å². The first-order valence-electron chi connectivity index (χ1n) is 8.55. The molecule has 0 saturated heterocycles. The molecule has 1 aliphatic carbocycles. The fourth-order valence-corrected chi connectivity index (χ4v) is 3.01. The third-order valence-corrected chi connectivity index (χ3v) is 4.45. The highest BCUT2D eigenvalue weighted by molar-refractivity contribution is 5.67. The van der Waals surface area contributed by atoms with Crippen LogP contribution in [-0.2, 0) is 0 Å². The quantitative estimate of drug-likeness (QED) is 0.423. The van der Waals surface area contributed by atoms with Gasteiger partial charge < -0.3 is 4.74 Å². The van der Waals surface area contributed by atoms with E-state index in [4.69, 9.17) is 4.74 Å². The van der Waals surface area contributed by atoms with Gasteiger partial charge in [0.2, 0.25) is 5.82 Å². The minimum Gasteiger partial charge on any atom is -0.494 e. The summed E-state index contributed by atoms with van der Waals surface area (Å²) in [6, 6.07) is 3.11. The molecule has 2 rings (SSSR count). The monoisotopic (exact) mass is 320 g/mol. The van der Waals surface area contributed by atoms with E-state index in [0.717, 1.165) is 31.3 Å². The molecule has 1 aliphatic rings. The fourth-order valence-electron chi connectivity index (χ4n) is 3.01. The molecule has 0 saturated carbocycles. The predicted molar refractivity (Wildman–Crippen MR) is 91.5 cm³/mol. The number of methoxy groups -OCH3 is 1. The van der Waals surface area contributed by atoms with Crippen molar-refractivity contribution in [1.82, 2.24) is 0 Å². The molecule has 0 spiro atoms. The maximum atomic E-state index is 14.1. The Morgan fingerprint density at radius 3 is 2.70 bits per heavy atom. The predicted octanol–water partition coefficient (Wildman–Crippen LogP) is 6.29. The molecular formula is C20H26F2O. The molecule has 0 fully saturated rings. The average molecular weight is 320 g/mol. The molecule has 0 aliphatic heterocycles. The van der Waals surface area contributed by atoms with E-state index in [-0.39, 0.29) is 5.75 Å². The molecule has 23 heavy (non-hydrogen) atoms. The van der Waals surface area contributed by atoms with Gasteiger partial charge in [-0.2, -0.15) is 4.39 Å². The lowest BCUT2D eigenvalue weighted by atomic mass is 9.86. The van der Waals surface area contributed by atoms with Crippen LogP contribution in [0.2, 0.25) is 0 Å². The molecule has 0 aromatic heterocycles. The van der Waals surface area contributed by atoms with Crippen LogP contribution in [0.1, 0.15) is 57.4 Å². The second kappa shape index (κ2) is 8.85. The standard InChI is InChI=1S/C20H26F2O/c1-3-4-5-6-7-8-15-9-11-16(12-10-15)17-13-14-18(23-2)20(22)19(17)21/h7-8,11,13-15H,3-6,9-10,12H2,1-2H3/b8-7+. The highest BCUT2D eigenvalue weighted by Crippen LogP contribution is 2.34. The topological polar surface area (TPSA) is 9.23 Å². The van der Waals surface area contributed by atoms with E-state index in [0.29, 0.717) is 11.5 Å². The minimum atomic E-state index is -0.899. The van der Waals surface area contributed by atoms with Crippen LogP contribution in [0.3, 0.4) is 0 Å². The zero-order valence-electron chi connectivity index (χ0n) is 14.1. The van der Waals surface area contributed by atoms with Crippen LogP contribution in [0.5, 0.6) is 5.75 Å².